The fraction of sp³-hybridized carbons (Fsp3) is 0.300. The molecule has 6 nitrogen and oxygen atoms in total. The number of carboxylic acid groups (broad SMARTS) is 1. The number of aliphatic carboxylic acids is 1. The van der Waals surface area contributed by atoms with E-state index in [9.17, 15) is 23.1 Å². The molecule has 0 bridgehead atoms. The average Bonchev–Trinajstić information content (AvgIpc) is 3.13. The van der Waals surface area contributed by atoms with Gasteiger partial charge in [0.1, 0.15) is 0 Å². The molecule has 0 radical (unpaired) electrons. The van der Waals surface area contributed by atoms with Gasteiger partial charge in [-0.05, 0) is 48.1 Å². The van der Waals surface area contributed by atoms with E-state index in [0.29, 0.717) is 5.56 Å². The zero-order valence-corrected chi connectivity index (χ0v) is 15.5. The molecular formula is C20H21NO5S. The maximum absolute atomic E-state index is 12.5. The summed E-state index contributed by atoms with van der Waals surface area (Å²) in [5.74, 6) is -2.18. The van der Waals surface area contributed by atoms with Crippen LogP contribution in [0.4, 0.5) is 0 Å². The Labute approximate surface area is 158 Å². The summed E-state index contributed by atoms with van der Waals surface area (Å²) in [6, 6.07) is 12.2. The number of amides is 1. The Morgan fingerprint density at radius 3 is 2.44 bits per heavy atom. The molecule has 27 heavy (non-hydrogen) atoms. The van der Waals surface area contributed by atoms with Gasteiger partial charge in [0.25, 0.3) is 0 Å². The lowest BCUT2D eigenvalue weighted by Crippen LogP contribution is -2.34. The van der Waals surface area contributed by atoms with Crippen LogP contribution < -0.4 is 5.32 Å². The van der Waals surface area contributed by atoms with Crippen LogP contribution in [0, 0.1) is 0 Å². The van der Waals surface area contributed by atoms with Crippen molar-refractivity contribution in [3.05, 3.63) is 65.2 Å². The monoisotopic (exact) mass is 387 g/mol. The predicted octanol–water partition coefficient (Wildman–Crippen LogP) is 2.28. The van der Waals surface area contributed by atoms with Gasteiger partial charge < -0.3 is 10.4 Å². The summed E-state index contributed by atoms with van der Waals surface area (Å²) in [6.45, 7) is 0. The summed E-state index contributed by atoms with van der Waals surface area (Å²) in [7, 11) is -3.61. The lowest BCUT2D eigenvalue weighted by atomic mass is 10.1. The molecule has 1 aliphatic rings. The fourth-order valence-electron chi connectivity index (χ4n) is 3.25. The molecule has 1 amide bonds. The predicted molar refractivity (Wildman–Crippen MR) is 100 cm³/mol. The quantitative estimate of drug-likeness (QED) is 0.759. The topological polar surface area (TPSA) is 101 Å². The second-order valence-electron chi connectivity index (χ2n) is 6.60. The molecule has 142 valence electrons. The van der Waals surface area contributed by atoms with Crippen LogP contribution >= 0.6 is 0 Å². The number of hydrogen-bond donors (Lipinski definition) is 2. The van der Waals surface area contributed by atoms with Crippen LogP contribution in [0.3, 0.4) is 0 Å². The number of rotatable bonds is 7. The minimum Gasteiger partial charge on any atom is -0.479 e. The molecular weight excluding hydrogens is 366 g/mol. The van der Waals surface area contributed by atoms with E-state index in [0.717, 1.165) is 24.8 Å². The van der Waals surface area contributed by atoms with Crippen molar-refractivity contribution < 1.29 is 23.1 Å². The molecule has 1 atom stereocenters. The molecule has 1 aliphatic carbocycles. The number of carbonyl (C=O) groups excluding carboxylic acids is 1. The van der Waals surface area contributed by atoms with Gasteiger partial charge in [0.2, 0.25) is 5.91 Å². The van der Waals surface area contributed by atoms with Gasteiger partial charge in [0, 0.05) is 6.42 Å². The van der Waals surface area contributed by atoms with Crippen LogP contribution in [0.5, 0.6) is 0 Å². The first-order valence-electron chi connectivity index (χ1n) is 8.78. The van der Waals surface area contributed by atoms with Gasteiger partial charge in [-0.2, -0.15) is 0 Å². The first-order chi connectivity index (χ1) is 12.9. The molecule has 0 unspecified atom stereocenters. The van der Waals surface area contributed by atoms with Gasteiger partial charge in [0.05, 0.1) is 10.6 Å². The molecule has 0 heterocycles. The van der Waals surface area contributed by atoms with Crippen molar-refractivity contribution in [2.24, 2.45) is 0 Å². The molecule has 3 rings (SSSR count). The minimum absolute atomic E-state index is 0.216. The average molecular weight is 387 g/mol. The lowest BCUT2D eigenvalue weighted by Gasteiger charge is -2.15. The molecule has 0 saturated carbocycles. The largest absolute Gasteiger partial charge is 0.479 e. The Morgan fingerprint density at radius 2 is 1.74 bits per heavy atom. The number of fused-ring (bicyclic) bond motifs is 1. The van der Waals surface area contributed by atoms with Crippen LogP contribution in [0.25, 0.3) is 0 Å². The van der Waals surface area contributed by atoms with E-state index < -0.39 is 27.8 Å². The molecule has 0 fully saturated rings. The maximum atomic E-state index is 12.5. The van der Waals surface area contributed by atoms with Crippen LogP contribution in [-0.2, 0) is 32.3 Å². The van der Waals surface area contributed by atoms with E-state index in [4.69, 9.17) is 0 Å². The molecule has 2 aromatic rings. The van der Waals surface area contributed by atoms with Gasteiger partial charge in [-0.3, -0.25) is 4.79 Å². The third-order valence-corrected chi connectivity index (χ3v) is 6.43. The van der Waals surface area contributed by atoms with E-state index in [2.05, 4.69) is 5.32 Å². The van der Waals surface area contributed by atoms with Gasteiger partial charge in [-0.25, -0.2) is 13.2 Å². The van der Waals surface area contributed by atoms with E-state index in [1.54, 1.807) is 42.5 Å². The summed E-state index contributed by atoms with van der Waals surface area (Å²) < 4.78 is 25.1. The van der Waals surface area contributed by atoms with E-state index in [-0.39, 0.29) is 17.1 Å². The number of sulfone groups is 1. The SMILES string of the molecule is O=C(CCS(=O)(=O)c1ccc2c(c1)CCC2)N[C@H](C(=O)O)c1ccccc1. The summed E-state index contributed by atoms with van der Waals surface area (Å²) in [6.07, 6.45) is 2.57. The number of carboxylic acids is 1. The van der Waals surface area contributed by atoms with Crippen molar-refractivity contribution in [3.63, 3.8) is 0 Å². The zero-order valence-electron chi connectivity index (χ0n) is 14.7. The van der Waals surface area contributed by atoms with Crippen LogP contribution in [0.15, 0.2) is 53.4 Å². The highest BCUT2D eigenvalue weighted by atomic mass is 32.2. The normalized spacial score (nSPS) is 14.4. The van der Waals surface area contributed by atoms with E-state index in [1.807, 2.05) is 6.07 Å². The summed E-state index contributed by atoms with van der Waals surface area (Å²) in [5, 5.41) is 11.7. The van der Waals surface area contributed by atoms with Gasteiger partial charge in [-0.1, -0.05) is 36.4 Å². The molecule has 0 saturated heterocycles. The van der Waals surface area contributed by atoms with Crippen molar-refractivity contribution >= 4 is 21.7 Å². The van der Waals surface area contributed by atoms with Crippen LogP contribution in [0.2, 0.25) is 0 Å². The highest BCUT2D eigenvalue weighted by Crippen LogP contribution is 2.25. The van der Waals surface area contributed by atoms with Crippen LogP contribution in [0.1, 0.15) is 35.6 Å². The Balaban J connectivity index is 1.65. The second-order valence-corrected chi connectivity index (χ2v) is 8.71. The number of carbonyl (C=O) groups is 2. The van der Waals surface area contributed by atoms with Crippen LogP contribution in [-0.4, -0.2) is 31.2 Å². The van der Waals surface area contributed by atoms with Gasteiger partial charge in [-0.15, -0.1) is 0 Å². The lowest BCUT2D eigenvalue weighted by molar-refractivity contribution is -0.142. The number of benzene rings is 2. The van der Waals surface area contributed by atoms with Gasteiger partial charge in [0.15, 0.2) is 15.9 Å². The Bertz CT molecular complexity index is 954. The molecule has 0 aromatic heterocycles. The van der Waals surface area contributed by atoms with E-state index in [1.165, 1.54) is 5.56 Å². The Morgan fingerprint density at radius 1 is 1.04 bits per heavy atom. The highest BCUT2D eigenvalue weighted by molar-refractivity contribution is 7.91. The van der Waals surface area contributed by atoms with Crippen molar-refractivity contribution in [1.82, 2.24) is 5.32 Å². The summed E-state index contributed by atoms with van der Waals surface area (Å²) in [5.41, 5.74) is 2.66. The number of nitrogens with one attached hydrogen (secondary N) is 1. The zero-order chi connectivity index (χ0) is 19.4. The van der Waals surface area contributed by atoms with Crippen molar-refractivity contribution in [2.75, 3.05) is 5.75 Å². The third kappa shape index (κ3) is 4.54. The number of aryl methyl sites for hydroxylation is 2. The van der Waals surface area contributed by atoms with Crippen molar-refractivity contribution in [3.8, 4) is 0 Å². The molecule has 0 aliphatic heterocycles. The molecule has 0 spiro atoms. The number of hydrogen-bond acceptors (Lipinski definition) is 4. The van der Waals surface area contributed by atoms with E-state index >= 15 is 0 Å². The van der Waals surface area contributed by atoms with Crippen molar-refractivity contribution in [1.29, 1.82) is 0 Å². The first-order valence-corrected chi connectivity index (χ1v) is 10.4. The second kappa shape index (κ2) is 7.92. The first kappa shape index (κ1) is 19.1. The molecule has 7 heteroatoms. The summed E-state index contributed by atoms with van der Waals surface area (Å²) in [4.78, 5) is 23.8. The summed E-state index contributed by atoms with van der Waals surface area (Å²) >= 11 is 0. The van der Waals surface area contributed by atoms with Gasteiger partial charge >= 0.3 is 5.97 Å². The van der Waals surface area contributed by atoms with Crippen molar-refractivity contribution in [2.45, 2.75) is 36.6 Å². The molecule has 2 N–H and O–H groups in total. The third-order valence-electron chi connectivity index (χ3n) is 4.71. The molecule has 2 aromatic carbocycles. The highest BCUT2D eigenvalue weighted by Gasteiger charge is 2.24. The Kier molecular flexibility index (Phi) is 5.60. The standard InChI is InChI=1S/C20H21NO5S/c22-18(21-19(20(23)24)15-5-2-1-3-6-15)11-12-27(25,26)17-10-9-14-7-4-8-16(14)13-17/h1-3,5-6,9-10,13,19H,4,7-8,11-12H2,(H,21,22)(H,23,24)/t19-/m0/s1. The fourth-order valence-corrected chi connectivity index (χ4v) is 4.54. The smallest absolute Gasteiger partial charge is 0.330 e. The minimum atomic E-state index is -3.61. The maximum Gasteiger partial charge on any atom is 0.330 e. The Hall–Kier alpha value is -2.67.